The molecule has 5 aromatic rings. The number of hydrogen-bond donors (Lipinski definition) is 1. The lowest BCUT2D eigenvalue weighted by Gasteiger charge is -2.46. The molecule has 2 atom stereocenters. The van der Waals surface area contributed by atoms with Crippen molar-refractivity contribution in [2.75, 3.05) is 34.0 Å². The van der Waals surface area contributed by atoms with Crippen LogP contribution in [0.2, 0.25) is 0 Å². The van der Waals surface area contributed by atoms with Crippen LogP contribution >= 0.6 is 0 Å². The van der Waals surface area contributed by atoms with Gasteiger partial charge in [0, 0.05) is 26.7 Å². The van der Waals surface area contributed by atoms with E-state index in [-0.39, 0.29) is 19.1 Å². The van der Waals surface area contributed by atoms with Crippen LogP contribution in [-0.2, 0) is 24.5 Å². The molecule has 2 unspecified atom stereocenters. The maximum absolute atomic E-state index is 13.9. The van der Waals surface area contributed by atoms with Crippen molar-refractivity contribution in [3.8, 4) is 11.1 Å². The number of aliphatic hydroxyl groups is 1. The van der Waals surface area contributed by atoms with Gasteiger partial charge in [-0.3, -0.25) is 0 Å². The summed E-state index contributed by atoms with van der Waals surface area (Å²) in [5.74, 6) is -2.32. The average Bonchev–Trinajstić information content (AvgIpc) is 3.76. The normalized spacial score (nSPS) is 17.5. The van der Waals surface area contributed by atoms with Crippen molar-refractivity contribution < 1.29 is 28.8 Å². The van der Waals surface area contributed by atoms with Crippen LogP contribution in [0.1, 0.15) is 40.2 Å². The van der Waals surface area contributed by atoms with Gasteiger partial charge < -0.3 is 29.0 Å². The number of carbonyl (C=O) groups excluding carboxylic acids is 1. The second-order valence-electron chi connectivity index (χ2n) is 12.5. The molecule has 0 saturated carbocycles. The van der Waals surface area contributed by atoms with Crippen molar-refractivity contribution in [3.05, 3.63) is 167 Å². The summed E-state index contributed by atoms with van der Waals surface area (Å²) in [6.07, 6.45) is -0.0455. The molecular weight excluding hydrogens is 614 g/mol. The molecule has 1 amide bonds. The molecule has 1 fully saturated rings. The van der Waals surface area contributed by atoms with Crippen LogP contribution in [0.15, 0.2) is 140 Å². The predicted molar refractivity (Wildman–Crippen MR) is 188 cm³/mol. The topological polar surface area (TPSA) is 77.5 Å². The summed E-state index contributed by atoms with van der Waals surface area (Å²) >= 11 is 0. The third kappa shape index (κ3) is 5.73. The van der Waals surface area contributed by atoms with Crippen molar-refractivity contribution in [2.45, 2.75) is 30.0 Å². The number of likely N-dealkylation sites (tertiary alicyclic amines) is 1. The molecule has 0 spiro atoms. The first-order chi connectivity index (χ1) is 24.1. The summed E-state index contributed by atoms with van der Waals surface area (Å²) in [7, 11) is 3.08. The highest BCUT2D eigenvalue weighted by molar-refractivity contribution is 5.79. The molecule has 1 heterocycles. The number of aliphatic hydroxyl groups excluding tert-OH is 1. The van der Waals surface area contributed by atoms with Gasteiger partial charge in [-0.05, 0) is 45.4 Å². The van der Waals surface area contributed by atoms with Crippen LogP contribution in [0.3, 0.4) is 0 Å². The van der Waals surface area contributed by atoms with Crippen LogP contribution in [0.4, 0.5) is 4.79 Å². The molecule has 0 bridgehead atoms. The Labute approximate surface area is 287 Å². The highest BCUT2D eigenvalue weighted by Gasteiger charge is 2.56. The molecule has 1 aliphatic heterocycles. The molecule has 0 aromatic heterocycles. The summed E-state index contributed by atoms with van der Waals surface area (Å²) in [5, 5.41) is 10.9. The van der Waals surface area contributed by atoms with Gasteiger partial charge in [-0.2, -0.15) is 0 Å². The SMILES string of the molecule is COC(OC)(OC(c1ccccc1)(c1ccccc1)c1ccccc1)C1CCN(C(=O)OCC2c3ccccc3-c3ccccc32)C1CO. The van der Waals surface area contributed by atoms with Crippen molar-refractivity contribution in [3.63, 3.8) is 0 Å². The number of fused-ring (bicyclic) bond motifs is 3. The lowest BCUT2D eigenvalue weighted by Crippen LogP contribution is -2.56. The van der Waals surface area contributed by atoms with E-state index in [0.717, 1.165) is 38.9 Å². The van der Waals surface area contributed by atoms with E-state index in [1.165, 1.54) is 0 Å². The lowest BCUT2D eigenvalue weighted by molar-refractivity contribution is -0.413. The minimum atomic E-state index is -1.67. The molecule has 1 N–H and O–H groups in total. The highest BCUT2D eigenvalue weighted by atomic mass is 16.9. The van der Waals surface area contributed by atoms with Crippen LogP contribution in [-0.4, -0.2) is 62.1 Å². The Morgan fingerprint density at radius 2 is 1.14 bits per heavy atom. The second kappa shape index (κ2) is 14.0. The van der Waals surface area contributed by atoms with E-state index < -0.39 is 29.6 Å². The van der Waals surface area contributed by atoms with Crippen molar-refractivity contribution in [1.29, 1.82) is 0 Å². The molecule has 49 heavy (non-hydrogen) atoms. The molecule has 2 aliphatic rings. The number of nitrogens with zero attached hydrogens (tertiary/aromatic N) is 1. The summed E-state index contributed by atoms with van der Waals surface area (Å²) in [6.45, 7) is 0.183. The standard InChI is InChI=1S/C42H41NO6/c1-46-42(47-2,49-41(30-16-6-3-7-17-30,31-18-8-4-9-19-31)32-20-10-5-11-21-32)38-26-27-43(39(38)28-44)40(45)48-29-37-35-24-14-12-22-33(35)34-23-13-15-25-36(34)37/h3-25,37-39,44H,26-29H2,1-2H3. The Morgan fingerprint density at radius 3 is 1.59 bits per heavy atom. The number of rotatable bonds is 11. The Morgan fingerprint density at radius 1 is 0.694 bits per heavy atom. The van der Waals surface area contributed by atoms with Crippen LogP contribution in [0.25, 0.3) is 11.1 Å². The fraction of sp³-hybridized carbons (Fsp3) is 0.262. The molecule has 1 aliphatic carbocycles. The zero-order valence-electron chi connectivity index (χ0n) is 27.8. The number of methoxy groups -OCH3 is 2. The third-order valence-electron chi connectivity index (χ3n) is 10.2. The molecule has 1 saturated heterocycles. The van der Waals surface area contributed by atoms with E-state index in [9.17, 15) is 9.90 Å². The van der Waals surface area contributed by atoms with Gasteiger partial charge in [0.25, 0.3) is 5.97 Å². The number of amides is 1. The first-order valence-electron chi connectivity index (χ1n) is 16.8. The van der Waals surface area contributed by atoms with Crippen LogP contribution < -0.4 is 0 Å². The molecule has 250 valence electrons. The maximum atomic E-state index is 13.9. The van der Waals surface area contributed by atoms with E-state index in [2.05, 4.69) is 24.3 Å². The second-order valence-corrected chi connectivity index (χ2v) is 12.5. The fourth-order valence-electron chi connectivity index (χ4n) is 7.85. The summed E-state index contributed by atoms with van der Waals surface area (Å²) in [4.78, 5) is 15.5. The van der Waals surface area contributed by atoms with Gasteiger partial charge in [0.15, 0.2) is 0 Å². The first kappa shape index (κ1) is 32.7. The lowest BCUT2D eigenvalue weighted by atomic mass is 9.79. The molecule has 5 aromatic carbocycles. The predicted octanol–water partition coefficient (Wildman–Crippen LogP) is 7.57. The quantitative estimate of drug-likeness (QED) is 0.117. The van der Waals surface area contributed by atoms with Crippen molar-refractivity contribution >= 4 is 6.09 Å². The Kier molecular flexibility index (Phi) is 9.34. The minimum Gasteiger partial charge on any atom is -0.448 e. The van der Waals surface area contributed by atoms with Gasteiger partial charge in [-0.25, -0.2) is 4.79 Å². The molecule has 7 nitrogen and oxygen atoms in total. The molecular formula is C42H41NO6. The number of ether oxygens (including phenoxy) is 4. The first-order valence-corrected chi connectivity index (χ1v) is 16.8. The maximum Gasteiger partial charge on any atom is 0.410 e. The van der Waals surface area contributed by atoms with Crippen LogP contribution in [0.5, 0.6) is 0 Å². The third-order valence-corrected chi connectivity index (χ3v) is 10.2. The number of hydrogen-bond acceptors (Lipinski definition) is 6. The van der Waals surface area contributed by atoms with Gasteiger partial charge in [0.05, 0.1) is 18.6 Å². The van der Waals surface area contributed by atoms with E-state index >= 15 is 0 Å². The monoisotopic (exact) mass is 655 g/mol. The average molecular weight is 656 g/mol. The summed E-state index contributed by atoms with van der Waals surface area (Å²) < 4.78 is 25.8. The minimum absolute atomic E-state index is 0.0778. The Bertz CT molecular complexity index is 1720. The zero-order valence-corrected chi connectivity index (χ0v) is 27.8. The number of carbonyl (C=O) groups is 1. The van der Waals surface area contributed by atoms with Crippen molar-refractivity contribution in [1.82, 2.24) is 4.90 Å². The smallest absolute Gasteiger partial charge is 0.410 e. The van der Waals surface area contributed by atoms with E-state index in [0.29, 0.717) is 13.0 Å². The van der Waals surface area contributed by atoms with E-state index in [4.69, 9.17) is 18.9 Å². The highest BCUT2D eigenvalue weighted by Crippen LogP contribution is 2.49. The Balaban J connectivity index is 1.21. The molecule has 7 heteroatoms. The zero-order chi connectivity index (χ0) is 33.8. The molecule has 7 rings (SSSR count). The Hall–Kier alpha value is -4.79. The number of benzene rings is 5. The molecule has 0 radical (unpaired) electrons. The van der Waals surface area contributed by atoms with Gasteiger partial charge >= 0.3 is 6.09 Å². The fourth-order valence-corrected chi connectivity index (χ4v) is 7.85. The summed E-state index contributed by atoms with van der Waals surface area (Å²) in [5.41, 5.74) is 6.05. The largest absolute Gasteiger partial charge is 0.448 e. The van der Waals surface area contributed by atoms with Gasteiger partial charge in [0.1, 0.15) is 12.2 Å². The summed E-state index contributed by atoms with van der Waals surface area (Å²) in [6, 6.07) is 45.7. The van der Waals surface area contributed by atoms with Crippen LogP contribution in [0, 0.1) is 5.92 Å². The van der Waals surface area contributed by atoms with Gasteiger partial charge in [-0.15, -0.1) is 0 Å². The van der Waals surface area contributed by atoms with Crippen molar-refractivity contribution in [2.24, 2.45) is 5.92 Å². The van der Waals surface area contributed by atoms with Gasteiger partial charge in [0.2, 0.25) is 0 Å². The van der Waals surface area contributed by atoms with E-state index in [1.54, 1.807) is 19.1 Å². The van der Waals surface area contributed by atoms with Gasteiger partial charge in [-0.1, -0.05) is 140 Å². The van der Waals surface area contributed by atoms with E-state index in [1.807, 2.05) is 115 Å².